The summed E-state index contributed by atoms with van der Waals surface area (Å²) >= 11 is 0. The van der Waals surface area contributed by atoms with Crippen LogP contribution in [0.5, 0.6) is 0 Å². The maximum Gasteiger partial charge on any atom is 0.123 e. The number of rotatable bonds is 4. The highest BCUT2D eigenvalue weighted by molar-refractivity contribution is 5.28. The minimum absolute atomic E-state index is 0.207. The molecule has 0 saturated carbocycles. The molecule has 0 aliphatic heterocycles. The van der Waals surface area contributed by atoms with Gasteiger partial charge in [0.15, 0.2) is 0 Å². The molecule has 0 spiro atoms. The van der Waals surface area contributed by atoms with E-state index >= 15 is 0 Å². The number of aryl methyl sites for hydroxylation is 1. The van der Waals surface area contributed by atoms with Gasteiger partial charge in [-0.3, -0.25) is 0 Å². The molecule has 2 N–H and O–H groups in total. The lowest BCUT2D eigenvalue weighted by atomic mass is 9.86. The first-order valence-electron chi connectivity index (χ1n) is 6.54. The lowest BCUT2D eigenvalue weighted by Crippen LogP contribution is -2.41. The van der Waals surface area contributed by atoms with Gasteiger partial charge >= 0.3 is 0 Å². The zero-order valence-corrected chi connectivity index (χ0v) is 11.5. The average Bonchev–Trinajstić information content (AvgIpc) is 2.35. The van der Waals surface area contributed by atoms with Crippen LogP contribution in [-0.2, 0) is 12.8 Å². The standard InChI is InChI=1S/C17H20FN/c1-13-5-3-4-6-15(13)12-17(2,19)11-14-7-9-16(18)10-8-14/h3-10H,11-12,19H2,1-2H3. The molecule has 1 nitrogen and oxygen atoms in total. The third-order valence-electron chi connectivity index (χ3n) is 3.38. The molecule has 1 unspecified atom stereocenters. The van der Waals surface area contributed by atoms with E-state index in [0.29, 0.717) is 0 Å². The van der Waals surface area contributed by atoms with Crippen LogP contribution in [0.25, 0.3) is 0 Å². The molecule has 0 aromatic heterocycles. The van der Waals surface area contributed by atoms with Crippen molar-refractivity contribution in [2.45, 2.75) is 32.2 Å². The highest BCUT2D eigenvalue weighted by Crippen LogP contribution is 2.19. The molecule has 0 aliphatic carbocycles. The minimum atomic E-state index is -0.329. The fourth-order valence-electron chi connectivity index (χ4n) is 2.37. The Hall–Kier alpha value is -1.67. The van der Waals surface area contributed by atoms with Crippen LogP contribution in [0.4, 0.5) is 4.39 Å². The summed E-state index contributed by atoms with van der Waals surface area (Å²) in [5.74, 6) is -0.207. The van der Waals surface area contributed by atoms with Gasteiger partial charge in [-0.2, -0.15) is 0 Å². The van der Waals surface area contributed by atoms with Gasteiger partial charge in [-0.15, -0.1) is 0 Å². The van der Waals surface area contributed by atoms with E-state index in [2.05, 4.69) is 19.1 Å². The smallest absolute Gasteiger partial charge is 0.123 e. The second-order valence-corrected chi connectivity index (χ2v) is 5.56. The molecular weight excluding hydrogens is 237 g/mol. The Morgan fingerprint density at radius 2 is 1.63 bits per heavy atom. The lowest BCUT2D eigenvalue weighted by molar-refractivity contribution is 0.461. The van der Waals surface area contributed by atoms with Gasteiger partial charge in [0.2, 0.25) is 0 Å². The number of hydrogen-bond acceptors (Lipinski definition) is 1. The van der Waals surface area contributed by atoms with Crippen molar-refractivity contribution in [1.82, 2.24) is 0 Å². The van der Waals surface area contributed by atoms with Crippen LogP contribution in [-0.4, -0.2) is 5.54 Å². The molecule has 100 valence electrons. The summed E-state index contributed by atoms with van der Waals surface area (Å²) in [6.07, 6.45) is 1.55. The van der Waals surface area contributed by atoms with Gasteiger partial charge in [-0.25, -0.2) is 4.39 Å². The Morgan fingerprint density at radius 3 is 2.26 bits per heavy atom. The summed E-state index contributed by atoms with van der Waals surface area (Å²) in [4.78, 5) is 0. The molecule has 2 heteroatoms. The van der Waals surface area contributed by atoms with Gasteiger partial charge in [-0.1, -0.05) is 36.4 Å². The van der Waals surface area contributed by atoms with Gasteiger partial charge in [0.25, 0.3) is 0 Å². The normalized spacial score (nSPS) is 14.1. The van der Waals surface area contributed by atoms with Crippen molar-refractivity contribution < 1.29 is 4.39 Å². The fraction of sp³-hybridized carbons (Fsp3) is 0.294. The van der Waals surface area contributed by atoms with Gasteiger partial charge in [0, 0.05) is 5.54 Å². The first kappa shape index (κ1) is 13.8. The second-order valence-electron chi connectivity index (χ2n) is 5.56. The summed E-state index contributed by atoms with van der Waals surface area (Å²) in [6.45, 7) is 4.14. The van der Waals surface area contributed by atoms with Crippen LogP contribution < -0.4 is 5.73 Å². The van der Waals surface area contributed by atoms with E-state index in [1.807, 2.05) is 19.1 Å². The molecule has 2 rings (SSSR count). The van der Waals surface area contributed by atoms with Crippen LogP contribution in [0.2, 0.25) is 0 Å². The SMILES string of the molecule is Cc1ccccc1CC(C)(N)Cc1ccc(F)cc1. The Morgan fingerprint density at radius 1 is 1.00 bits per heavy atom. The summed E-state index contributed by atoms with van der Waals surface area (Å²) in [5.41, 5.74) is 9.67. The number of halogens is 1. The van der Waals surface area contributed by atoms with Crippen molar-refractivity contribution in [3.63, 3.8) is 0 Å². The first-order chi connectivity index (χ1) is 8.96. The van der Waals surface area contributed by atoms with Crippen molar-refractivity contribution in [2.75, 3.05) is 0 Å². The molecular formula is C17H20FN. The van der Waals surface area contributed by atoms with Crippen molar-refractivity contribution in [3.05, 3.63) is 71.0 Å². The van der Waals surface area contributed by atoms with E-state index in [1.165, 1.54) is 23.3 Å². The molecule has 0 aliphatic rings. The molecule has 0 amide bonds. The molecule has 19 heavy (non-hydrogen) atoms. The van der Waals surface area contributed by atoms with Crippen molar-refractivity contribution in [1.29, 1.82) is 0 Å². The fourth-order valence-corrected chi connectivity index (χ4v) is 2.37. The minimum Gasteiger partial charge on any atom is -0.325 e. The third kappa shape index (κ3) is 3.90. The highest BCUT2D eigenvalue weighted by Gasteiger charge is 2.20. The van der Waals surface area contributed by atoms with Gasteiger partial charge < -0.3 is 5.73 Å². The predicted molar refractivity (Wildman–Crippen MR) is 77.6 cm³/mol. The van der Waals surface area contributed by atoms with E-state index in [9.17, 15) is 4.39 Å². The maximum atomic E-state index is 12.9. The third-order valence-corrected chi connectivity index (χ3v) is 3.38. The molecule has 0 fully saturated rings. The van der Waals surface area contributed by atoms with Crippen molar-refractivity contribution in [2.24, 2.45) is 5.73 Å². The van der Waals surface area contributed by atoms with Gasteiger partial charge in [0.05, 0.1) is 0 Å². The number of nitrogens with two attached hydrogens (primary N) is 1. The quantitative estimate of drug-likeness (QED) is 0.889. The van der Waals surface area contributed by atoms with Crippen molar-refractivity contribution in [3.8, 4) is 0 Å². The zero-order valence-electron chi connectivity index (χ0n) is 11.5. The lowest BCUT2D eigenvalue weighted by Gasteiger charge is -2.26. The van der Waals surface area contributed by atoms with Gasteiger partial charge in [0.1, 0.15) is 5.82 Å². The second kappa shape index (κ2) is 5.54. The molecule has 0 saturated heterocycles. The van der Waals surface area contributed by atoms with Crippen LogP contribution in [0, 0.1) is 12.7 Å². The number of hydrogen-bond donors (Lipinski definition) is 1. The zero-order chi connectivity index (χ0) is 13.9. The molecule has 1 atom stereocenters. The van der Waals surface area contributed by atoms with Gasteiger partial charge in [-0.05, 0) is 55.5 Å². The van der Waals surface area contributed by atoms with Crippen molar-refractivity contribution >= 4 is 0 Å². The maximum absolute atomic E-state index is 12.9. The molecule has 2 aromatic carbocycles. The van der Waals surface area contributed by atoms with E-state index in [0.717, 1.165) is 18.4 Å². The first-order valence-corrected chi connectivity index (χ1v) is 6.54. The number of benzene rings is 2. The Bertz CT molecular complexity index is 543. The van der Waals surface area contributed by atoms with Crippen LogP contribution in [0.3, 0.4) is 0 Å². The van der Waals surface area contributed by atoms with E-state index in [1.54, 1.807) is 12.1 Å². The van der Waals surface area contributed by atoms with Crippen LogP contribution >= 0.6 is 0 Å². The van der Waals surface area contributed by atoms with E-state index in [-0.39, 0.29) is 11.4 Å². The highest BCUT2D eigenvalue weighted by atomic mass is 19.1. The Balaban J connectivity index is 2.10. The summed E-state index contributed by atoms with van der Waals surface area (Å²) < 4.78 is 12.9. The summed E-state index contributed by atoms with van der Waals surface area (Å²) in [6, 6.07) is 14.9. The molecule has 0 bridgehead atoms. The van der Waals surface area contributed by atoms with Crippen LogP contribution in [0.15, 0.2) is 48.5 Å². The topological polar surface area (TPSA) is 26.0 Å². The summed E-state index contributed by atoms with van der Waals surface area (Å²) in [7, 11) is 0. The molecule has 0 heterocycles. The van der Waals surface area contributed by atoms with E-state index < -0.39 is 0 Å². The molecule has 0 radical (unpaired) electrons. The predicted octanol–water partition coefficient (Wildman–Crippen LogP) is 3.64. The summed E-state index contributed by atoms with van der Waals surface area (Å²) in [5, 5.41) is 0. The molecule has 2 aromatic rings. The van der Waals surface area contributed by atoms with E-state index in [4.69, 9.17) is 5.73 Å². The Labute approximate surface area is 114 Å². The Kier molecular flexibility index (Phi) is 4.01. The monoisotopic (exact) mass is 257 g/mol. The van der Waals surface area contributed by atoms with Crippen LogP contribution in [0.1, 0.15) is 23.6 Å². The average molecular weight is 257 g/mol. The largest absolute Gasteiger partial charge is 0.325 e.